The van der Waals surface area contributed by atoms with Gasteiger partial charge in [0, 0.05) is 6.42 Å². The van der Waals surface area contributed by atoms with Crippen molar-refractivity contribution >= 4 is 0 Å². The van der Waals surface area contributed by atoms with Gasteiger partial charge in [-0.1, -0.05) is 117 Å². The van der Waals surface area contributed by atoms with E-state index in [0.29, 0.717) is 0 Å². The van der Waals surface area contributed by atoms with Crippen LogP contribution in [0, 0.1) is 0 Å². The first kappa shape index (κ1) is 27.2. The summed E-state index contributed by atoms with van der Waals surface area (Å²) in [6.07, 6.45) is 32.6. The summed E-state index contributed by atoms with van der Waals surface area (Å²) in [7, 11) is 0. The molecule has 0 unspecified atom stereocenters. The lowest BCUT2D eigenvalue weighted by Crippen LogP contribution is -2.37. The predicted molar refractivity (Wildman–Crippen MR) is 133 cm³/mol. The summed E-state index contributed by atoms with van der Waals surface area (Å²) in [5.74, 6) is 1.59. The van der Waals surface area contributed by atoms with Crippen molar-refractivity contribution in [1.29, 1.82) is 0 Å². The molecule has 30 heavy (non-hydrogen) atoms. The number of hydrogen-bond acceptors (Lipinski definition) is 0. The van der Waals surface area contributed by atoms with Gasteiger partial charge in [-0.25, -0.2) is 9.13 Å². The average Bonchev–Trinajstić information content (AvgIpc) is 3.14. The fraction of sp³-hybridized carbons (Fsp3) is 0.893. The Hall–Kier alpha value is -0.790. The molecule has 0 amide bonds. The fourth-order valence-corrected chi connectivity index (χ4v) is 4.53. The maximum atomic E-state index is 2.58. The lowest BCUT2D eigenvalue weighted by Gasteiger charge is -2.06. The van der Waals surface area contributed by atoms with Gasteiger partial charge in [-0.15, -0.1) is 0 Å². The van der Waals surface area contributed by atoms with Gasteiger partial charge < -0.3 is 0 Å². The highest BCUT2D eigenvalue weighted by atomic mass is 15.1. The molecule has 0 radical (unpaired) electrons. The Bertz CT molecular complexity index is 477. The molecule has 1 heterocycles. The molecule has 0 saturated heterocycles. The van der Waals surface area contributed by atoms with Gasteiger partial charge in [-0.05, 0) is 25.7 Å². The van der Waals surface area contributed by atoms with E-state index < -0.39 is 0 Å². The highest BCUT2D eigenvalue weighted by Gasteiger charge is 2.16. The summed E-state index contributed by atoms with van der Waals surface area (Å²) in [4.78, 5) is 0. The van der Waals surface area contributed by atoms with Gasteiger partial charge in [0.1, 0.15) is 12.4 Å². The van der Waals surface area contributed by atoms with Gasteiger partial charge in [0.15, 0.2) is 0 Å². The van der Waals surface area contributed by atoms with Crippen molar-refractivity contribution < 1.29 is 4.57 Å². The highest BCUT2D eigenvalue weighted by Crippen LogP contribution is 2.12. The van der Waals surface area contributed by atoms with Crippen molar-refractivity contribution in [3.8, 4) is 0 Å². The molecule has 0 spiro atoms. The maximum Gasteiger partial charge on any atom is 0.256 e. The van der Waals surface area contributed by atoms with Crippen molar-refractivity contribution in [2.75, 3.05) is 0 Å². The number of hydrogen-bond donors (Lipinski definition) is 0. The van der Waals surface area contributed by atoms with Crippen LogP contribution in [0.25, 0.3) is 0 Å². The molecule has 1 aromatic heterocycles. The fourth-order valence-electron chi connectivity index (χ4n) is 4.53. The van der Waals surface area contributed by atoms with Gasteiger partial charge in [-0.2, -0.15) is 0 Å². The molecule has 0 aromatic carbocycles. The molecule has 176 valence electrons. The molecule has 0 bridgehead atoms. The molecular weight excluding hydrogens is 364 g/mol. The second-order valence-electron chi connectivity index (χ2n) is 9.51. The van der Waals surface area contributed by atoms with Crippen LogP contribution in [-0.4, -0.2) is 4.57 Å². The van der Waals surface area contributed by atoms with E-state index in [4.69, 9.17) is 0 Å². The average molecular weight is 420 g/mol. The molecule has 0 atom stereocenters. The molecule has 0 aliphatic carbocycles. The standard InChI is InChI=1S/C28H55N2/c1-4-7-10-12-14-16-18-20-22-25-30-27-26-29(24-9-6-3)28(30)23-21-19-17-15-13-11-8-5-2/h26-27H,4-25H2,1-3H3/q+1. The minimum absolute atomic E-state index is 1.20. The lowest BCUT2D eigenvalue weighted by atomic mass is 10.1. The lowest BCUT2D eigenvalue weighted by molar-refractivity contribution is -0.704. The van der Waals surface area contributed by atoms with Crippen LogP contribution in [0.3, 0.4) is 0 Å². The summed E-state index contributed by atoms with van der Waals surface area (Å²) >= 11 is 0. The third kappa shape index (κ3) is 13.5. The van der Waals surface area contributed by atoms with Crippen LogP contribution in [0.5, 0.6) is 0 Å². The third-order valence-corrected chi connectivity index (χ3v) is 6.60. The Morgan fingerprint density at radius 2 is 1.03 bits per heavy atom. The largest absolute Gasteiger partial charge is 0.256 e. The summed E-state index contributed by atoms with van der Waals surface area (Å²) in [6.45, 7) is 9.33. The molecule has 1 aromatic rings. The molecule has 0 aliphatic rings. The first-order chi connectivity index (χ1) is 14.8. The minimum Gasteiger partial charge on any atom is -0.234 e. The molecular formula is C28H55N2+. The van der Waals surface area contributed by atoms with E-state index in [1.165, 1.54) is 142 Å². The summed E-state index contributed by atoms with van der Waals surface area (Å²) < 4.78 is 5.14. The van der Waals surface area contributed by atoms with Crippen molar-refractivity contribution in [3.63, 3.8) is 0 Å². The molecule has 2 heteroatoms. The van der Waals surface area contributed by atoms with Crippen LogP contribution in [0.4, 0.5) is 0 Å². The second kappa shape index (κ2) is 20.1. The third-order valence-electron chi connectivity index (χ3n) is 6.60. The number of aryl methyl sites for hydroxylation is 2. The molecule has 0 N–H and O–H groups in total. The van der Waals surface area contributed by atoms with E-state index in [0.717, 1.165) is 0 Å². The van der Waals surface area contributed by atoms with Crippen LogP contribution in [0.15, 0.2) is 12.4 Å². The number of aromatic nitrogens is 2. The maximum absolute atomic E-state index is 2.58. The van der Waals surface area contributed by atoms with Crippen LogP contribution < -0.4 is 4.57 Å². The first-order valence-electron chi connectivity index (χ1n) is 13.9. The highest BCUT2D eigenvalue weighted by molar-refractivity contribution is 4.84. The van der Waals surface area contributed by atoms with Crippen LogP contribution in [-0.2, 0) is 19.5 Å². The smallest absolute Gasteiger partial charge is 0.234 e. The Morgan fingerprint density at radius 1 is 0.567 bits per heavy atom. The first-order valence-corrected chi connectivity index (χ1v) is 13.9. The molecule has 1 rings (SSSR count). The quantitative estimate of drug-likeness (QED) is 0.131. The SMILES string of the molecule is CCCCCCCCCCC[n+]1ccn(CCCC)c1CCCCCCCCCC. The topological polar surface area (TPSA) is 8.81 Å². The van der Waals surface area contributed by atoms with Crippen molar-refractivity contribution in [2.24, 2.45) is 0 Å². The van der Waals surface area contributed by atoms with E-state index in [-0.39, 0.29) is 0 Å². The number of unbranched alkanes of at least 4 members (excludes halogenated alkanes) is 16. The van der Waals surface area contributed by atoms with Crippen molar-refractivity contribution in [2.45, 2.75) is 162 Å². The van der Waals surface area contributed by atoms with Gasteiger partial charge in [0.2, 0.25) is 0 Å². The van der Waals surface area contributed by atoms with Crippen molar-refractivity contribution in [1.82, 2.24) is 4.57 Å². The summed E-state index contributed by atoms with van der Waals surface area (Å²) in [5, 5.41) is 0. The predicted octanol–water partition coefficient (Wildman–Crippen LogP) is 8.79. The van der Waals surface area contributed by atoms with E-state index in [1.54, 1.807) is 5.82 Å². The zero-order chi connectivity index (χ0) is 21.7. The number of nitrogens with zero attached hydrogens (tertiary/aromatic N) is 2. The van der Waals surface area contributed by atoms with Crippen molar-refractivity contribution in [3.05, 3.63) is 18.2 Å². The zero-order valence-corrected chi connectivity index (χ0v) is 21.1. The molecule has 2 nitrogen and oxygen atoms in total. The summed E-state index contributed by atoms with van der Waals surface area (Å²) in [6, 6.07) is 0. The number of rotatable bonds is 22. The summed E-state index contributed by atoms with van der Waals surface area (Å²) in [5.41, 5.74) is 0. The van der Waals surface area contributed by atoms with Gasteiger partial charge in [0.05, 0.1) is 13.1 Å². The Morgan fingerprint density at radius 3 is 1.57 bits per heavy atom. The Balaban J connectivity index is 2.28. The Kier molecular flexibility index (Phi) is 18.3. The van der Waals surface area contributed by atoms with E-state index in [9.17, 15) is 0 Å². The minimum atomic E-state index is 1.20. The normalized spacial score (nSPS) is 11.4. The van der Waals surface area contributed by atoms with Crippen LogP contribution >= 0.6 is 0 Å². The monoisotopic (exact) mass is 419 g/mol. The van der Waals surface area contributed by atoms with E-state index in [2.05, 4.69) is 42.3 Å². The van der Waals surface area contributed by atoms with Gasteiger partial charge in [0.25, 0.3) is 5.82 Å². The Labute approximate surface area is 189 Å². The second-order valence-corrected chi connectivity index (χ2v) is 9.51. The van der Waals surface area contributed by atoms with E-state index in [1.807, 2.05) is 0 Å². The van der Waals surface area contributed by atoms with E-state index >= 15 is 0 Å². The van der Waals surface area contributed by atoms with Crippen LogP contribution in [0.1, 0.15) is 149 Å². The van der Waals surface area contributed by atoms with Gasteiger partial charge in [-0.3, -0.25) is 0 Å². The van der Waals surface area contributed by atoms with Crippen LogP contribution in [0.2, 0.25) is 0 Å². The van der Waals surface area contributed by atoms with Gasteiger partial charge >= 0.3 is 0 Å². The molecule has 0 fully saturated rings. The zero-order valence-electron chi connectivity index (χ0n) is 21.1. The molecule has 0 saturated carbocycles. The molecule has 0 aliphatic heterocycles. The number of imidazole rings is 1.